The van der Waals surface area contributed by atoms with Gasteiger partial charge in [-0.15, -0.1) is 0 Å². The summed E-state index contributed by atoms with van der Waals surface area (Å²) < 4.78 is 51.1. The predicted molar refractivity (Wildman–Crippen MR) is 108 cm³/mol. The van der Waals surface area contributed by atoms with Crippen molar-refractivity contribution in [3.8, 4) is 0 Å². The van der Waals surface area contributed by atoms with Crippen LogP contribution < -0.4 is 5.32 Å². The van der Waals surface area contributed by atoms with Gasteiger partial charge < -0.3 is 10.2 Å². The number of carbonyl (C=O) groups is 2. The number of alkyl halides is 3. The number of nitrogens with zero attached hydrogens (tertiary/aromatic N) is 1. The van der Waals surface area contributed by atoms with Crippen molar-refractivity contribution in [3.63, 3.8) is 0 Å². The van der Waals surface area contributed by atoms with Gasteiger partial charge in [-0.3, -0.25) is 9.59 Å². The topological polar surface area (TPSA) is 49.4 Å². The normalized spacial score (nSPS) is 17.0. The van der Waals surface area contributed by atoms with E-state index in [0.29, 0.717) is 44.5 Å². The van der Waals surface area contributed by atoms with Crippen LogP contribution in [0.5, 0.6) is 0 Å². The minimum atomic E-state index is -4.37. The number of rotatable bonds is 7. The van der Waals surface area contributed by atoms with Crippen LogP contribution in [0.3, 0.4) is 0 Å². The Bertz CT molecular complexity index is 913. The molecule has 2 aromatic rings. The van der Waals surface area contributed by atoms with Crippen LogP contribution in [0, 0.1) is 11.7 Å². The van der Waals surface area contributed by atoms with E-state index in [-0.39, 0.29) is 30.0 Å². The molecule has 4 nitrogen and oxygen atoms in total. The molecule has 8 heteroatoms. The number of amides is 2. The van der Waals surface area contributed by atoms with E-state index < -0.39 is 11.7 Å². The summed E-state index contributed by atoms with van der Waals surface area (Å²) in [6.45, 7) is 1.02. The highest BCUT2D eigenvalue weighted by Crippen LogP contribution is 2.29. The minimum absolute atomic E-state index is 0.0230. The number of hydrogen-bond acceptors (Lipinski definition) is 2. The molecule has 0 saturated carbocycles. The molecule has 2 amide bonds. The van der Waals surface area contributed by atoms with Gasteiger partial charge in [0.25, 0.3) is 0 Å². The molecule has 2 aromatic carbocycles. The lowest BCUT2D eigenvalue weighted by molar-refractivity contribution is -0.139. The second-order valence-electron chi connectivity index (χ2n) is 7.69. The van der Waals surface area contributed by atoms with Crippen molar-refractivity contribution in [1.29, 1.82) is 0 Å². The van der Waals surface area contributed by atoms with Crippen molar-refractivity contribution in [2.24, 2.45) is 5.92 Å². The van der Waals surface area contributed by atoms with Gasteiger partial charge in [-0.1, -0.05) is 24.3 Å². The van der Waals surface area contributed by atoms with E-state index in [1.807, 2.05) is 0 Å². The largest absolute Gasteiger partial charge is 0.416 e. The molecule has 166 valence electrons. The molecule has 0 spiro atoms. The van der Waals surface area contributed by atoms with E-state index in [0.717, 1.165) is 17.7 Å². The monoisotopic (exact) mass is 436 g/mol. The molecule has 0 radical (unpaired) electrons. The fraction of sp³-hybridized carbons (Fsp3) is 0.391. The second-order valence-corrected chi connectivity index (χ2v) is 7.69. The van der Waals surface area contributed by atoms with Crippen LogP contribution in [-0.2, 0) is 28.6 Å². The van der Waals surface area contributed by atoms with E-state index in [4.69, 9.17) is 0 Å². The highest BCUT2D eigenvalue weighted by Gasteiger charge is 2.31. The lowest BCUT2D eigenvalue weighted by Crippen LogP contribution is -2.46. The highest BCUT2D eigenvalue weighted by atomic mass is 19.4. The molecule has 0 bridgehead atoms. The van der Waals surface area contributed by atoms with E-state index in [9.17, 15) is 27.2 Å². The van der Waals surface area contributed by atoms with Crippen LogP contribution in [0.2, 0.25) is 0 Å². The number of benzene rings is 2. The average Bonchev–Trinajstić information content (AvgIpc) is 2.73. The zero-order chi connectivity index (χ0) is 22.4. The first-order chi connectivity index (χ1) is 14.7. The maximum absolute atomic E-state index is 13.3. The van der Waals surface area contributed by atoms with Crippen LogP contribution in [0.25, 0.3) is 0 Å². The number of carbonyl (C=O) groups excluding carboxylic acids is 2. The van der Waals surface area contributed by atoms with E-state index in [1.165, 1.54) is 24.3 Å². The standard InChI is InChI=1S/C23H24F4N2O2/c24-20-3-1-2-17(14-20)11-13-29-15-18(6-9-21(29)30)22(31)28-12-10-16-4-7-19(8-5-16)23(25,26)27/h1-5,7-8,14,18H,6,9-13,15H2,(H,28,31)/t18-/m1/s1. The van der Waals surface area contributed by atoms with Gasteiger partial charge in [0, 0.05) is 26.1 Å². The van der Waals surface area contributed by atoms with Crippen molar-refractivity contribution < 1.29 is 27.2 Å². The lowest BCUT2D eigenvalue weighted by atomic mass is 9.96. The Kier molecular flexibility index (Phi) is 7.30. The molecule has 1 saturated heterocycles. The zero-order valence-corrected chi connectivity index (χ0v) is 16.9. The van der Waals surface area contributed by atoms with Crippen molar-refractivity contribution >= 4 is 11.8 Å². The van der Waals surface area contributed by atoms with Crippen LogP contribution >= 0.6 is 0 Å². The van der Waals surface area contributed by atoms with Crippen molar-refractivity contribution in [2.45, 2.75) is 31.9 Å². The Morgan fingerprint density at radius 2 is 1.81 bits per heavy atom. The van der Waals surface area contributed by atoms with Gasteiger partial charge in [-0.05, 0) is 54.7 Å². The Hall–Kier alpha value is -2.90. The third-order valence-electron chi connectivity index (χ3n) is 5.42. The van der Waals surface area contributed by atoms with Crippen molar-refractivity contribution in [1.82, 2.24) is 10.2 Å². The van der Waals surface area contributed by atoms with Gasteiger partial charge in [-0.2, -0.15) is 13.2 Å². The number of piperidine rings is 1. The molecular formula is C23H24F4N2O2. The Balaban J connectivity index is 1.46. The average molecular weight is 436 g/mol. The third-order valence-corrected chi connectivity index (χ3v) is 5.42. The Morgan fingerprint density at radius 3 is 2.48 bits per heavy atom. The first-order valence-electron chi connectivity index (χ1n) is 10.2. The van der Waals surface area contributed by atoms with E-state index >= 15 is 0 Å². The first-order valence-corrected chi connectivity index (χ1v) is 10.2. The molecule has 3 rings (SSSR count). The first kappa shape index (κ1) is 22.8. The van der Waals surface area contributed by atoms with Crippen LogP contribution in [0.15, 0.2) is 48.5 Å². The van der Waals surface area contributed by atoms with Crippen LogP contribution in [0.1, 0.15) is 29.5 Å². The third kappa shape index (κ3) is 6.54. The summed E-state index contributed by atoms with van der Waals surface area (Å²) in [5, 5.41) is 2.81. The summed E-state index contributed by atoms with van der Waals surface area (Å²) in [7, 11) is 0. The number of nitrogens with one attached hydrogen (secondary N) is 1. The molecule has 1 aliphatic heterocycles. The summed E-state index contributed by atoms with van der Waals surface area (Å²) in [6, 6.07) is 11.1. The van der Waals surface area contributed by atoms with Crippen molar-refractivity contribution in [3.05, 3.63) is 71.0 Å². The van der Waals surface area contributed by atoms with E-state index in [1.54, 1.807) is 17.0 Å². The highest BCUT2D eigenvalue weighted by molar-refractivity contribution is 5.83. The summed E-state index contributed by atoms with van der Waals surface area (Å²) in [6.07, 6.45) is -2.71. The quantitative estimate of drug-likeness (QED) is 0.668. The summed E-state index contributed by atoms with van der Waals surface area (Å²) in [5.41, 5.74) is 0.783. The van der Waals surface area contributed by atoms with Crippen LogP contribution in [0.4, 0.5) is 17.6 Å². The molecular weight excluding hydrogens is 412 g/mol. The smallest absolute Gasteiger partial charge is 0.355 e. The predicted octanol–water partition coefficient (Wildman–Crippen LogP) is 3.98. The maximum Gasteiger partial charge on any atom is 0.416 e. The SMILES string of the molecule is O=C(NCCc1ccc(C(F)(F)F)cc1)[C@@H]1CCC(=O)N(CCc2cccc(F)c2)C1. The van der Waals surface area contributed by atoms with Crippen molar-refractivity contribution in [2.75, 3.05) is 19.6 Å². The Labute approximate surface area is 178 Å². The van der Waals surface area contributed by atoms with Crippen LogP contribution in [-0.4, -0.2) is 36.3 Å². The molecule has 1 atom stereocenters. The fourth-order valence-corrected chi connectivity index (χ4v) is 3.64. The summed E-state index contributed by atoms with van der Waals surface area (Å²) >= 11 is 0. The molecule has 0 unspecified atom stereocenters. The Morgan fingerprint density at radius 1 is 1.06 bits per heavy atom. The number of hydrogen-bond donors (Lipinski definition) is 1. The number of likely N-dealkylation sites (tertiary alicyclic amines) is 1. The van der Waals surface area contributed by atoms with Gasteiger partial charge in [0.2, 0.25) is 11.8 Å². The molecule has 1 aliphatic rings. The second kappa shape index (κ2) is 9.94. The van der Waals surface area contributed by atoms with Gasteiger partial charge in [0.05, 0.1) is 11.5 Å². The van der Waals surface area contributed by atoms with Gasteiger partial charge in [-0.25, -0.2) is 4.39 Å². The maximum atomic E-state index is 13.3. The van der Waals surface area contributed by atoms with Gasteiger partial charge in [0.15, 0.2) is 0 Å². The fourth-order valence-electron chi connectivity index (χ4n) is 3.64. The molecule has 0 aliphatic carbocycles. The summed E-state index contributed by atoms with van der Waals surface area (Å²) in [4.78, 5) is 26.3. The number of halogens is 4. The molecule has 0 aromatic heterocycles. The molecule has 1 N–H and O–H groups in total. The van der Waals surface area contributed by atoms with Gasteiger partial charge >= 0.3 is 6.18 Å². The lowest BCUT2D eigenvalue weighted by Gasteiger charge is -2.32. The zero-order valence-electron chi connectivity index (χ0n) is 16.9. The minimum Gasteiger partial charge on any atom is -0.355 e. The molecule has 1 heterocycles. The van der Waals surface area contributed by atoms with Gasteiger partial charge in [0.1, 0.15) is 5.82 Å². The molecule has 31 heavy (non-hydrogen) atoms. The summed E-state index contributed by atoms with van der Waals surface area (Å²) in [5.74, 6) is -0.856. The molecule has 1 fully saturated rings. The van der Waals surface area contributed by atoms with E-state index in [2.05, 4.69) is 5.32 Å².